The minimum atomic E-state index is -0.128. The fourth-order valence-electron chi connectivity index (χ4n) is 1.70. The maximum absolute atomic E-state index is 11.9. The molecule has 0 aliphatic carbocycles. The maximum atomic E-state index is 11.9. The first-order valence-corrected chi connectivity index (χ1v) is 6.58. The Morgan fingerprint density at radius 3 is 2.67 bits per heavy atom. The van der Waals surface area contributed by atoms with Gasteiger partial charge in [-0.05, 0) is 37.6 Å². The van der Waals surface area contributed by atoms with Crippen molar-refractivity contribution in [2.75, 3.05) is 5.73 Å². The maximum Gasteiger partial charge on any atom is 0.253 e. The second-order valence-electron chi connectivity index (χ2n) is 4.22. The van der Waals surface area contributed by atoms with Gasteiger partial charge in [0.25, 0.3) is 5.91 Å². The molecule has 0 radical (unpaired) electrons. The quantitative estimate of drug-likeness (QED) is 0.834. The summed E-state index contributed by atoms with van der Waals surface area (Å²) >= 11 is 1.71. The molecule has 0 atom stereocenters. The van der Waals surface area contributed by atoms with Crippen molar-refractivity contribution < 1.29 is 4.79 Å². The number of carbonyl (C=O) groups excluding carboxylic acids is 1. The number of aryl methyl sites for hydroxylation is 2. The summed E-state index contributed by atoms with van der Waals surface area (Å²) in [5.74, 6) is -0.128. The zero-order valence-corrected chi connectivity index (χ0v) is 11.3. The van der Waals surface area contributed by atoms with Crippen LogP contribution in [0.5, 0.6) is 0 Å². The van der Waals surface area contributed by atoms with Crippen LogP contribution < -0.4 is 11.1 Å². The lowest BCUT2D eigenvalue weighted by Crippen LogP contribution is -2.23. The fourth-order valence-corrected chi connectivity index (χ4v) is 2.70. The van der Waals surface area contributed by atoms with E-state index in [9.17, 15) is 4.79 Å². The molecule has 0 saturated carbocycles. The van der Waals surface area contributed by atoms with Crippen LogP contribution in [-0.4, -0.2) is 5.91 Å². The molecule has 3 nitrogen and oxygen atoms in total. The lowest BCUT2D eigenvalue weighted by molar-refractivity contribution is 0.0952. The van der Waals surface area contributed by atoms with E-state index < -0.39 is 0 Å². The second-order valence-corrected chi connectivity index (χ2v) is 5.56. The van der Waals surface area contributed by atoms with Gasteiger partial charge in [0, 0.05) is 15.4 Å². The van der Waals surface area contributed by atoms with Crippen molar-refractivity contribution in [3.05, 3.63) is 51.2 Å². The number of para-hydroxylation sites is 1. The summed E-state index contributed by atoms with van der Waals surface area (Å²) in [6.45, 7) is 4.71. The normalized spacial score (nSPS) is 10.3. The average molecular weight is 260 g/mol. The van der Waals surface area contributed by atoms with Crippen LogP contribution >= 0.6 is 11.3 Å². The number of carbonyl (C=O) groups is 1. The standard InChI is InChI=1S/C14H16N2OS/c1-9-7-11(18-10(9)2)8-16-14(17)12-5-3-4-6-13(12)15/h3-7H,8,15H2,1-2H3,(H,16,17). The van der Waals surface area contributed by atoms with E-state index in [4.69, 9.17) is 5.73 Å². The van der Waals surface area contributed by atoms with Gasteiger partial charge in [-0.1, -0.05) is 12.1 Å². The molecular formula is C14H16N2OS. The van der Waals surface area contributed by atoms with Gasteiger partial charge in [-0.15, -0.1) is 11.3 Å². The third kappa shape index (κ3) is 2.71. The first-order chi connectivity index (χ1) is 8.58. The Bertz CT molecular complexity index is 555. The first kappa shape index (κ1) is 12.6. The number of rotatable bonds is 3. The number of thiophene rings is 1. The summed E-state index contributed by atoms with van der Waals surface area (Å²) in [6.07, 6.45) is 0. The highest BCUT2D eigenvalue weighted by Gasteiger charge is 2.09. The van der Waals surface area contributed by atoms with Crippen LogP contribution in [0.2, 0.25) is 0 Å². The third-order valence-electron chi connectivity index (χ3n) is 2.85. The highest BCUT2D eigenvalue weighted by Crippen LogP contribution is 2.20. The minimum Gasteiger partial charge on any atom is -0.398 e. The summed E-state index contributed by atoms with van der Waals surface area (Å²) in [5, 5.41) is 2.89. The molecule has 0 aliphatic heterocycles. The molecule has 2 aromatic rings. The Morgan fingerprint density at radius 1 is 1.33 bits per heavy atom. The van der Waals surface area contributed by atoms with Crippen LogP contribution in [0, 0.1) is 13.8 Å². The molecule has 3 N–H and O–H groups in total. The van der Waals surface area contributed by atoms with Crippen molar-refractivity contribution in [3.8, 4) is 0 Å². The van der Waals surface area contributed by atoms with Crippen LogP contribution in [-0.2, 0) is 6.54 Å². The van der Waals surface area contributed by atoms with Gasteiger partial charge in [-0.2, -0.15) is 0 Å². The molecule has 4 heteroatoms. The highest BCUT2D eigenvalue weighted by molar-refractivity contribution is 7.12. The zero-order valence-electron chi connectivity index (χ0n) is 10.5. The monoisotopic (exact) mass is 260 g/mol. The Kier molecular flexibility index (Phi) is 3.67. The molecule has 1 heterocycles. The third-order valence-corrected chi connectivity index (χ3v) is 4.00. The highest BCUT2D eigenvalue weighted by atomic mass is 32.1. The summed E-state index contributed by atoms with van der Waals surface area (Å²) in [5.41, 5.74) is 8.07. The van der Waals surface area contributed by atoms with E-state index in [1.54, 1.807) is 23.5 Å². The lowest BCUT2D eigenvalue weighted by atomic mass is 10.1. The van der Waals surface area contributed by atoms with Crippen molar-refractivity contribution in [1.29, 1.82) is 0 Å². The SMILES string of the molecule is Cc1cc(CNC(=O)c2ccccc2N)sc1C. The lowest BCUT2D eigenvalue weighted by Gasteiger charge is -2.05. The predicted octanol–water partition coefficient (Wildman–Crippen LogP) is 2.88. The molecule has 1 aromatic heterocycles. The molecule has 94 valence electrons. The van der Waals surface area contributed by atoms with Gasteiger partial charge < -0.3 is 11.1 Å². The van der Waals surface area contributed by atoms with Crippen molar-refractivity contribution in [2.45, 2.75) is 20.4 Å². The Hall–Kier alpha value is -1.81. The fraction of sp³-hybridized carbons (Fsp3) is 0.214. The van der Waals surface area contributed by atoms with Gasteiger partial charge >= 0.3 is 0 Å². The molecule has 0 spiro atoms. The van der Waals surface area contributed by atoms with Crippen molar-refractivity contribution in [1.82, 2.24) is 5.32 Å². The van der Waals surface area contributed by atoms with E-state index in [2.05, 4.69) is 25.2 Å². The summed E-state index contributed by atoms with van der Waals surface area (Å²) in [6, 6.07) is 9.20. The first-order valence-electron chi connectivity index (χ1n) is 5.76. The van der Waals surface area contributed by atoms with Gasteiger partial charge in [0.1, 0.15) is 0 Å². The van der Waals surface area contributed by atoms with Crippen LogP contribution in [0.3, 0.4) is 0 Å². The van der Waals surface area contributed by atoms with E-state index in [0.29, 0.717) is 17.8 Å². The van der Waals surface area contributed by atoms with E-state index in [1.807, 2.05) is 12.1 Å². The number of hydrogen-bond acceptors (Lipinski definition) is 3. The van der Waals surface area contributed by atoms with Crippen molar-refractivity contribution in [3.63, 3.8) is 0 Å². The van der Waals surface area contributed by atoms with E-state index in [-0.39, 0.29) is 5.91 Å². The van der Waals surface area contributed by atoms with Crippen LogP contribution in [0.1, 0.15) is 25.7 Å². The summed E-state index contributed by atoms with van der Waals surface area (Å²) in [7, 11) is 0. The van der Waals surface area contributed by atoms with Crippen LogP contribution in [0.25, 0.3) is 0 Å². The number of nitrogens with two attached hydrogens (primary N) is 1. The number of amides is 1. The molecule has 1 aromatic carbocycles. The summed E-state index contributed by atoms with van der Waals surface area (Å²) < 4.78 is 0. The minimum absolute atomic E-state index is 0.128. The Labute approximate surface area is 111 Å². The zero-order chi connectivity index (χ0) is 13.1. The predicted molar refractivity (Wildman–Crippen MR) is 75.8 cm³/mol. The topological polar surface area (TPSA) is 55.1 Å². The number of anilines is 1. The number of nitrogens with one attached hydrogen (secondary N) is 1. The van der Waals surface area contributed by atoms with Crippen molar-refractivity contribution >= 4 is 22.9 Å². The smallest absolute Gasteiger partial charge is 0.253 e. The molecular weight excluding hydrogens is 244 g/mol. The molecule has 0 bridgehead atoms. The summed E-state index contributed by atoms with van der Waals surface area (Å²) in [4.78, 5) is 14.4. The van der Waals surface area contributed by atoms with Gasteiger partial charge in [0.2, 0.25) is 0 Å². The van der Waals surface area contributed by atoms with Gasteiger partial charge in [-0.25, -0.2) is 0 Å². The molecule has 0 unspecified atom stereocenters. The molecule has 0 fully saturated rings. The molecule has 0 saturated heterocycles. The number of benzene rings is 1. The second kappa shape index (κ2) is 5.23. The number of nitrogen functional groups attached to an aromatic ring is 1. The largest absolute Gasteiger partial charge is 0.398 e. The average Bonchev–Trinajstić information content (AvgIpc) is 2.66. The number of hydrogen-bond donors (Lipinski definition) is 2. The van der Waals surface area contributed by atoms with E-state index in [1.165, 1.54) is 10.4 Å². The molecule has 0 aliphatic rings. The Morgan fingerprint density at radius 2 is 2.06 bits per heavy atom. The molecule has 2 rings (SSSR count). The van der Waals surface area contributed by atoms with Gasteiger partial charge in [0.05, 0.1) is 12.1 Å². The Balaban J connectivity index is 2.03. The van der Waals surface area contributed by atoms with E-state index in [0.717, 1.165) is 4.88 Å². The van der Waals surface area contributed by atoms with Crippen molar-refractivity contribution in [2.24, 2.45) is 0 Å². The van der Waals surface area contributed by atoms with Crippen LogP contribution in [0.15, 0.2) is 30.3 Å². The molecule has 1 amide bonds. The van der Waals surface area contributed by atoms with Gasteiger partial charge in [-0.3, -0.25) is 4.79 Å². The van der Waals surface area contributed by atoms with Crippen LogP contribution in [0.4, 0.5) is 5.69 Å². The van der Waals surface area contributed by atoms with E-state index >= 15 is 0 Å². The molecule has 18 heavy (non-hydrogen) atoms. The van der Waals surface area contributed by atoms with Gasteiger partial charge in [0.15, 0.2) is 0 Å².